The zero-order valence-electron chi connectivity index (χ0n) is 18.5. The number of nitrogens with two attached hydrogens (primary N) is 1. The maximum Gasteiger partial charge on any atom is 0.269 e. The normalized spacial score (nSPS) is 22.4. The van der Waals surface area contributed by atoms with Crippen LogP contribution in [0.25, 0.3) is 22.6 Å². The van der Waals surface area contributed by atoms with Crippen molar-refractivity contribution in [2.24, 2.45) is 5.73 Å². The zero-order chi connectivity index (χ0) is 23.9. The summed E-state index contributed by atoms with van der Waals surface area (Å²) >= 11 is 0. The molecule has 2 atom stereocenters. The average molecular weight is 464 g/mol. The number of likely N-dealkylation sites (N-methyl/N-ethyl adjacent to an activating group) is 1. The third-order valence-corrected chi connectivity index (χ3v) is 6.16. The van der Waals surface area contributed by atoms with Gasteiger partial charge in [0.15, 0.2) is 17.3 Å². The second-order valence-corrected chi connectivity index (χ2v) is 8.52. The van der Waals surface area contributed by atoms with Gasteiger partial charge in [-0.05, 0) is 12.5 Å². The smallest absolute Gasteiger partial charge is 0.269 e. The molecule has 0 saturated carbocycles. The number of aliphatic hydroxyl groups is 1. The van der Waals surface area contributed by atoms with Crippen LogP contribution in [0.4, 0.5) is 5.69 Å². The van der Waals surface area contributed by atoms with E-state index in [2.05, 4.69) is 20.4 Å². The van der Waals surface area contributed by atoms with E-state index in [9.17, 15) is 14.7 Å². The number of carbonyl (C=O) groups is 2. The lowest BCUT2D eigenvalue weighted by atomic mass is 9.98. The molecule has 2 aliphatic rings. The highest BCUT2D eigenvalue weighted by molar-refractivity contribution is 5.96. The van der Waals surface area contributed by atoms with Crippen molar-refractivity contribution < 1.29 is 24.0 Å². The molecule has 3 aromatic rings. The molecule has 0 radical (unpaired) electrons. The first-order valence-electron chi connectivity index (χ1n) is 10.9. The van der Waals surface area contributed by atoms with Crippen LogP contribution in [0.15, 0.2) is 41.1 Å². The number of primary amides is 1. The van der Waals surface area contributed by atoms with E-state index >= 15 is 0 Å². The van der Waals surface area contributed by atoms with Crippen molar-refractivity contribution in [2.75, 3.05) is 32.1 Å². The van der Waals surface area contributed by atoms with E-state index in [-0.39, 0.29) is 23.9 Å². The topological polar surface area (TPSA) is 157 Å². The summed E-state index contributed by atoms with van der Waals surface area (Å²) in [4.78, 5) is 34.7. The first kappa shape index (κ1) is 22.0. The summed E-state index contributed by atoms with van der Waals surface area (Å²) < 4.78 is 10.7. The minimum atomic E-state index is -1.72. The Balaban J connectivity index is 1.43. The van der Waals surface area contributed by atoms with Crippen LogP contribution in [0, 0.1) is 0 Å². The van der Waals surface area contributed by atoms with Crippen LogP contribution in [-0.2, 0) is 15.1 Å². The first-order chi connectivity index (χ1) is 16.3. The van der Waals surface area contributed by atoms with Crippen LogP contribution in [0.1, 0.15) is 29.1 Å². The highest BCUT2D eigenvalue weighted by Crippen LogP contribution is 2.35. The molecule has 11 heteroatoms. The molecule has 2 aliphatic heterocycles. The van der Waals surface area contributed by atoms with E-state index in [0.717, 1.165) is 6.42 Å². The first-order valence-corrected chi connectivity index (χ1v) is 10.9. The number of amides is 2. The molecule has 0 bridgehead atoms. The van der Waals surface area contributed by atoms with E-state index < -0.39 is 17.4 Å². The molecule has 2 amide bonds. The van der Waals surface area contributed by atoms with E-state index in [1.165, 1.54) is 4.90 Å². The predicted octanol–water partition coefficient (Wildman–Crippen LogP) is 1.15. The van der Waals surface area contributed by atoms with Gasteiger partial charge in [-0.3, -0.25) is 9.59 Å². The van der Waals surface area contributed by atoms with E-state index in [0.29, 0.717) is 48.1 Å². The number of likely N-dealkylation sites (tertiary alicyclic amines) is 1. The molecule has 11 nitrogen and oxygen atoms in total. The number of ether oxygens (including phenoxy) is 1. The lowest BCUT2D eigenvalue weighted by Gasteiger charge is -2.16. The molecule has 1 aromatic carbocycles. The summed E-state index contributed by atoms with van der Waals surface area (Å²) in [6.07, 6.45) is 2.59. The van der Waals surface area contributed by atoms with Crippen LogP contribution >= 0.6 is 0 Å². The monoisotopic (exact) mass is 464 g/mol. The quantitative estimate of drug-likeness (QED) is 0.487. The average Bonchev–Trinajstić information content (AvgIpc) is 3.59. The van der Waals surface area contributed by atoms with Crippen molar-refractivity contribution in [3.63, 3.8) is 0 Å². The highest BCUT2D eigenvalue weighted by Gasteiger charge is 2.48. The molecule has 2 aromatic heterocycles. The zero-order valence-corrected chi connectivity index (χ0v) is 18.5. The Morgan fingerprint density at radius 2 is 2.15 bits per heavy atom. The molecule has 176 valence electrons. The molecule has 0 spiro atoms. The van der Waals surface area contributed by atoms with Crippen LogP contribution in [0.2, 0.25) is 0 Å². The summed E-state index contributed by atoms with van der Waals surface area (Å²) in [6, 6.07) is 8.80. The molecule has 2 fully saturated rings. The van der Waals surface area contributed by atoms with Crippen LogP contribution in [0.5, 0.6) is 0 Å². The standard InChI is InChI=1S/C23H24N6O5/c1-29-7-6-23(32,22(29)31)18-10-16(28-34-18)13-3-2-4-14(9-13)21-25-11-17(19(27-21)20(24)30)26-15-5-8-33-12-15/h2-4,9-11,15,26,32H,5-8,12H2,1H3,(H2,24,30)/t15-,23+/m0/s1. The third kappa shape index (κ3) is 3.88. The van der Waals surface area contributed by atoms with Crippen LogP contribution in [0.3, 0.4) is 0 Å². The Kier molecular flexibility index (Phi) is 5.50. The summed E-state index contributed by atoms with van der Waals surface area (Å²) in [5, 5.41) is 18.1. The fourth-order valence-electron chi connectivity index (χ4n) is 4.19. The Morgan fingerprint density at radius 3 is 2.85 bits per heavy atom. The van der Waals surface area contributed by atoms with Crippen LogP contribution in [-0.4, -0.2) is 69.8 Å². The molecular formula is C23H24N6O5. The van der Waals surface area contributed by atoms with Crippen molar-refractivity contribution in [3.8, 4) is 22.6 Å². The molecule has 34 heavy (non-hydrogen) atoms. The van der Waals surface area contributed by atoms with Gasteiger partial charge in [0.2, 0.25) is 5.60 Å². The van der Waals surface area contributed by atoms with Crippen molar-refractivity contribution in [2.45, 2.75) is 24.5 Å². The van der Waals surface area contributed by atoms with Crippen LogP contribution < -0.4 is 11.1 Å². The molecule has 0 aliphatic carbocycles. The van der Waals surface area contributed by atoms with Gasteiger partial charge in [0.1, 0.15) is 5.69 Å². The van der Waals surface area contributed by atoms with Gasteiger partial charge in [0.25, 0.3) is 11.8 Å². The van der Waals surface area contributed by atoms with Gasteiger partial charge in [0.05, 0.1) is 24.5 Å². The predicted molar refractivity (Wildman–Crippen MR) is 120 cm³/mol. The lowest BCUT2D eigenvalue weighted by molar-refractivity contribution is -0.144. The van der Waals surface area contributed by atoms with Gasteiger partial charge < -0.3 is 30.3 Å². The maximum absolute atomic E-state index is 12.4. The summed E-state index contributed by atoms with van der Waals surface area (Å²) in [5.74, 6) is -0.671. The number of hydrogen-bond acceptors (Lipinski definition) is 9. The molecule has 5 rings (SSSR count). The van der Waals surface area contributed by atoms with Gasteiger partial charge in [-0.15, -0.1) is 0 Å². The largest absolute Gasteiger partial charge is 0.379 e. The van der Waals surface area contributed by atoms with Gasteiger partial charge in [-0.25, -0.2) is 9.97 Å². The molecular weight excluding hydrogens is 440 g/mol. The number of benzene rings is 1. The second kappa shape index (κ2) is 8.50. The Labute approximate surface area is 194 Å². The second-order valence-electron chi connectivity index (χ2n) is 8.52. The maximum atomic E-state index is 12.4. The summed E-state index contributed by atoms with van der Waals surface area (Å²) in [6.45, 7) is 1.62. The van der Waals surface area contributed by atoms with Gasteiger partial charge in [-0.1, -0.05) is 23.4 Å². The van der Waals surface area contributed by atoms with Crippen molar-refractivity contribution >= 4 is 17.5 Å². The number of rotatable bonds is 6. The lowest BCUT2D eigenvalue weighted by Crippen LogP contribution is -2.35. The minimum Gasteiger partial charge on any atom is -0.379 e. The minimum absolute atomic E-state index is 0.0681. The van der Waals surface area contributed by atoms with Crippen molar-refractivity contribution in [1.82, 2.24) is 20.0 Å². The number of nitrogens with zero attached hydrogens (tertiary/aromatic N) is 4. The van der Waals surface area contributed by atoms with E-state index in [4.69, 9.17) is 15.0 Å². The number of carbonyl (C=O) groups excluding carboxylic acids is 2. The Bertz CT molecular complexity index is 1250. The summed E-state index contributed by atoms with van der Waals surface area (Å²) in [5.41, 5.74) is 6.17. The van der Waals surface area contributed by atoms with E-state index in [1.807, 2.05) is 6.07 Å². The van der Waals surface area contributed by atoms with Gasteiger partial charge in [-0.2, -0.15) is 0 Å². The van der Waals surface area contributed by atoms with Gasteiger partial charge >= 0.3 is 0 Å². The van der Waals surface area contributed by atoms with Crippen molar-refractivity contribution in [3.05, 3.63) is 48.0 Å². The summed E-state index contributed by atoms with van der Waals surface area (Å²) in [7, 11) is 1.63. The molecule has 4 heterocycles. The van der Waals surface area contributed by atoms with E-state index in [1.54, 1.807) is 37.5 Å². The number of nitrogens with one attached hydrogen (secondary N) is 1. The highest BCUT2D eigenvalue weighted by atomic mass is 16.5. The fraction of sp³-hybridized carbons (Fsp3) is 0.348. The molecule has 4 N–H and O–H groups in total. The SMILES string of the molecule is CN1CC[C@@](O)(c2cc(-c3cccc(-c4ncc(N[C@H]5CCOC5)c(C(N)=O)n4)c3)no2)C1=O. The number of aromatic nitrogens is 3. The molecule has 0 unspecified atom stereocenters. The van der Waals surface area contributed by atoms with Gasteiger partial charge in [0, 0.05) is 43.8 Å². The molecule has 2 saturated heterocycles. The number of hydrogen-bond donors (Lipinski definition) is 3. The van der Waals surface area contributed by atoms with Crippen molar-refractivity contribution in [1.29, 1.82) is 0 Å². The Morgan fingerprint density at radius 1 is 1.32 bits per heavy atom. The number of anilines is 1. The Hall–Kier alpha value is -3.83. The third-order valence-electron chi connectivity index (χ3n) is 6.16. The fourth-order valence-corrected chi connectivity index (χ4v) is 4.19.